The summed E-state index contributed by atoms with van der Waals surface area (Å²) < 4.78 is 14.2. The van der Waals surface area contributed by atoms with Gasteiger partial charge in [-0.05, 0) is 46.0 Å². The molecule has 1 aliphatic rings. The predicted molar refractivity (Wildman–Crippen MR) is 83.4 cm³/mol. The number of unbranched alkanes of at least 4 members (excludes halogenated alkanes) is 3. The number of benzene rings is 1. The molecule has 2 unspecified atom stereocenters. The molecule has 1 heterocycles. The van der Waals surface area contributed by atoms with Crippen molar-refractivity contribution < 1.29 is 9.18 Å². The van der Waals surface area contributed by atoms with Crippen LogP contribution in [0.15, 0.2) is 16.6 Å². The summed E-state index contributed by atoms with van der Waals surface area (Å²) in [5, 5.41) is 2.87. The van der Waals surface area contributed by atoms with Crippen molar-refractivity contribution in [2.24, 2.45) is 5.92 Å². The number of carbonyl (C=O) groups excluding carboxylic acids is 1. The van der Waals surface area contributed by atoms with Gasteiger partial charge in [-0.1, -0.05) is 39.5 Å². The van der Waals surface area contributed by atoms with Crippen molar-refractivity contribution >= 4 is 27.5 Å². The lowest BCUT2D eigenvalue weighted by molar-refractivity contribution is -0.118. The average Bonchev–Trinajstić information content (AvgIpc) is 2.71. The molecule has 0 fully saturated rings. The van der Waals surface area contributed by atoms with Crippen molar-refractivity contribution in [3.8, 4) is 0 Å². The number of fused-ring (bicyclic) bond motifs is 1. The Balaban J connectivity index is 2.12. The molecule has 1 N–H and O–H groups in total. The highest BCUT2D eigenvalue weighted by molar-refractivity contribution is 9.10. The van der Waals surface area contributed by atoms with Crippen LogP contribution in [-0.2, 0) is 4.79 Å². The second kappa shape index (κ2) is 6.70. The summed E-state index contributed by atoms with van der Waals surface area (Å²) in [4.78, 5) is 12.2. The van der Waals surface area contributed by atoms with E-state index in [0.29, 0.717) is 4.47 Å². The van der Waals surface area contributed by atoms with E-state index in [2.05, 4.69) is 35.1 Å². The second-order valence-electron chi connectivity index (χ2n) is 5.65. The lowest BCUT2D eigenvalue weighted by Crippen LogP contribution is -2.19. The monoisotopic (exact) mass is 341 g/mol. The van der Waals surface area contributed by atoms with Gasteiger partial charge in [-0.3, -0.25) is 4.79 Å². The maximum atomic E-state index is 13.6. The third kappa shape index (κ3) is 3.22. The number of anilines is 1. The molecule has 2 rings (SSSR count). The fraction of sp³-hybridized carbons (Fsp3) is 0.562. The van der Waals surface area contributed by atoms with Crippen molar-refractivity contribution in [2.45, 2.75) is 51.9 Å². The summed E-state index contributed by atoms with van der Waals surface area (Å²) in [7, 11) is 0. The van der Waals surface area contributed by atoms with E-state index in [0.717, 1.165) is 24.1 Å². The van der Waals surface area contributed by atoms with Crippen LogP contribution in [0.5, 0.6) is 0 Å². The Hall–Kier alpha value is -0.900. The van der Waals surface area contributed by atoms with Gasteiger partial charge in [0.25, 0.3) is 0 Å². The van der Waals surface area contributed by atoms with Crippen LogP contribution < -0.4 is 5.32 Å². The van der Waals surface area contributed by atoms with Crippen molar-refractivity contribution in [1.82, 2.24) is 0 Å². The van der Waals surface area contributed by atoms with Crippen molar-refractivity contribution in [3.05, 3.63) is 28.0 Å². The third-order valence-electron chi connectivity index (χ3n) is 4.03. The Morgan fingerprint density at radius 2 is 2.10 bits per heavy atom. The van der Waals surface area contributed by atoms with Crippen LogP contribution in [0.3, 0.4) is 0 Å². The Kier molecular flexibility index (Phi) is 5.19. The van der Waals surface area contributed by atoms with Gasteiger partial charge in [0.1, 0.15) is 5.82 Å². The smallest absolute Gasteiger partial charge is 0.232 e. The van der Waals surface area contributed by atoms with E-state index >= 15 is 0 Å². The van der Waals surface area contributed by atoms with Crippen LogP contribution >= 0.6 is 15.9 Å². The Morgan fingerprint density at radius 1 is 1.35 bits per heavy atom. The lowest BCUT2D eigenvalue weighted by Gasteiger charge is -2.18. The standard InChI is InChI=1S/C16H21BrFNO/c1-3-4-5-6-7-10(2)14-12-8-11(18)9-13(17)15(12)19-16(14)20/h8-10,14H,3-7H2,1-2H3,(H,19,20). The number of amides is 1. The first kappa shape index (κ1) is 15.5. The fourth-order valence-electron chi connectivity index (χ4n) is 2.94. The third-order valence-corrected chi connectivity index (χ3v) is 4.66. The van der Waals surface area contributed by atoms with Crippen molar-refractivity contribution in [3.63, 3.8) is 0 Å². The summed E-state index contributed by atoms with van der Waals surface area (Å²) in [5.41, 5.74) is 1.53. The van der Waals surface area contributed by atoms with E-state index in [9.17, 15) is 9.18 Å². The van der Waals surface area contributed by atoms with Gasteiger partial charge in [-0.15, -0.1) is 0 Å². The zero-order valence-electron chi connectivity index (χ0n) is 12.0. The molecule has 0 aromatic heterocycles. The molecule has 0 spiro atoms. The number of hydrogen-bond donors (Lipinski definition) is 1. The van der Waals surface area contributed by atoms with Gasteiger partial charge in [-0.2, -0.15) is 0 Å². The van der Waals surface area contributed by atoms with E-state index in [4.69, 9.17) is 0 Å². The molecular weight excluding hydrogens is 321 g/mol. The molecule has 110 valence electrons. The van der Waals surface area contributed by atoms with E-state index in [-0.39, 0.29) is 23.6 Å². The second-order valence-corrected chi connectivity index (χ2v) is 6.50. The molecule has 1 amide bonds. The van der Waals surface area contributed by atoms with Crippen molar-refractivity contribution in [2.75, 3.05) is 5.32 Å². The molecule has 0 bridgehead atoms. The minimum atomic E-state index is -0.296. The lowest BCUT2D eigenvalue weighted by atomic mass is 9.85. The van der Waals surface area contributed by atoms with E-state index in [1.54, 1.807) is 0 Å². The molecular formula is C16H21BrFNO. The molecule has 0 radical (unpaired) electrons. The molecule has 1 aromatic carbocycles. The minimum absolute atomic E-state index is 0.00529. The molecule has 20 heavy (non-hydrogen) atoms. The zero-order valence-corrected chi connectivity index (χ0v) is 13.6. The Morgan fingerprint density at radius 3 is 2.80 bits per heavy atom. The maximum absolute atomic E-state index is 13.6. The SMILES string of the molecule is CCCCCCC(C)C1C(=O)Nc2c(Br)cc(F)cc21. The largest absolute Gasteiger partial charge is 0.324 e. The number of carbonyl (C=O) groups is 1. The van der Waals surface area contributed by atoms with Crippen LogP contribution in [0, 0.1) is 11.7 Å². The number of hydrogen-bond acceptors (Lipinski definition) is 1. The summed E-state index contributed by atoms with van der Waals surface area (Å²) in [5.74, 6) is -0.287. The van der Waals surface area contributed by atoms with E-state index < -0.39 is 0 Å². The van der Waals surface area contributed by atoms with Crippen LogP contribution in [0.2, 0.25) is 0 Å². The summed E-state index contributed by atoms with van der Waals surface area (Å²) in [6.45, 7) is 4.27. The van der Waals surface area contributed by atoms with Gasteiger partial charge in [0, 0.05) is 4.47 Å². The highest BCUT2D eigenvalue weighted by atomic mass is 79.9. The summed E-state index contributed by atoms with van der Waals surface area (Å²) in [6, 6.07) is 2.89. The molecule has 0 saturated carbocycles. The van der Waals surface area contributed by atoms with Crippen LogP contribution in [-0.4, -0.2) is 5.91 Å². The molecule has 1 aliphatic heterocycles. The first-order valence-electron chi connectivity index (χ1n) is 7.34. The topological polar surface area (TPSA) is 29.1 Å². The predicted octanol–water partition coefficient (Wildman–Crippen LogP) is 5.23. The Labute approximate surface area is 128 Å². The number of nitrogens with one attached hydrogen (secondary N) is 1. The molecule has 0 saturated heterocycles. The van der Waals surface area contributed by atoms with Crippen LogP contribution in [0.4, 0.5) is 10.1 Å². The quantitative estimate of drug-likeness (QED) is 0.705. The van der Waals surface area contributed by atoms with Crippen LogP contribution in [0.1, 0.15) is 57.4 Å². The first-order valence-corrected chi connectivity index (χ1v) is 8.13. The summed E-state index contributed by atoms with van der Waals surface area (Å²) >= 11 is 3.32. The maximum Gasteiger partial charge on any atom is 0.232 e. The Bertz CT molecular complexity index is 503. The highest BCUT2D eigenvalue weighted by Gasteiger charge is 2.36. The van der Waals surface area contributed by atoms with Gasteiger partial charge >= 0.3 is 0 Å². The van der Waals surface area contributed by atoms with Gasteiger partial charge in [-0.25, -0.2) is 4.39 Å². The van der Waals surface area contributed by atoms with Gasteiger partial charge in [0.15, 0.2) is 0 Å². The zero-order chi connectivity index (χ0) is 14.7. The number of halogens is 2. The average molecular weight is 342 g/mol. The molecule has 1 aromatic rings. The fourth-order valence-corrected chi connectivity index (χ4v) is 3.48. The molecule has 4 heteroatoms. The van der Waals surface area contributed by atoms with Crippen LogP contribution in [0.25, 0.3) is 0 Å². The normalized spacial score (nSPS) is 18.8. The first-order chi connectivity index (χ1) is 9.54. The van der Waals surface area contributed by atoms with Gasteiger partial charge < -0.3 is 5.32 Å². The summed E-state index contributed by atoms with van der Waals surface area (Å²) in [6.07, 6.45) is 5.78. The molecule has 2 atom stereocenters. The van der Waals surface area contributed by atoms with Crippen molar-refractivity contribution in [1.29, 1.82) is 0 Å². The highest BCUT2D eigenvalue weighted by Crippen LogP contribution is 2.43. The molecule has 2 nitrogen and oxygen atoms in total. The minimum Gasteiger partial charge on any atom is -0.324 e. The van der Waals surface area contributed by atoms with E-state index in [1.807, 2.05) is 0 Å². The van der Waals surface area contributed by atoms with Gasteiger partial charge in [0.2, 0.25) is 5.91 Å². The molecule has 0 aliphatic carbocycles. The number of rotatable bonds is 6. The van der Waals surface area contributed by atoms with E-state index in [1.165, 1.54) is 31.4 Å². The van der Waals surface area contributed by atoms with Gasteiger partial charge in [0.05, 0.1) is 11.6 Å².